The van der Waals surface area contributed by atoms with Crippen LogP contribution in [0.1, 0.15) is 92.4 Å². The van der Waals surface area contributed by atoms with E-state index >= 15 is 9.18 Å². The van der Waals surface area contributed by atoms with Crippen LogP contribution in [0.2, 0.25) is 0 Å². The zero-order valence-corrected chi connectivity index (χ0v) is 39.8. The van der Waals surface area contributed by atoms with Gasteiger partial charge in [0.05, 0.1) is 30.7 Å². The largest absolute Gasteiger partial charge is 0.497 e. The van der Waals surface area contributed by atoms with Crippen molar-refractivity contribution < 1.29 is 50.9 Å². The lowest BCUT2D eigenvalue weighted by Crippen LogP contribution is -2.59. The van der Waals surface area contributed by atoms with Gasteiger partial charge in [-0.2, -0.15) is 0 Å². The van der Waals surface area contributed by atoms with E-state index < -0.39 is 74.5 Å². The van der Waals surface area contributed by atoms with Crippen LogP contribution in [-0.2, 0) is 29.1 Å². The van der Waals surface area contributed by atoms with Crippen molar-refractivity contribution in [1.82, 2.24) is 25.2 Å². The van der Waals surface area contributed by atoms with E-state index in [1.165, 1.54) is 11.0 Å². The van der Waals surface area contributed by atoms with Gasteiger partial charge in [0.15, 0.2) is 11.6 Å². The number of amides is 4. The number of ether oxygens (including phenoxy) is 4. The molecule has 1 aromatic heterocycles. The zero-order chi connectivity index (χ0) is 47.5. The minimum Gasteiger partial charge on any atom is -0.497 e. The van der Waals surface area contributed by atoms with E-state index in [1.807, 2.05) is 32.9 Å². The molecule has 0 bridgehead atoms. The Morgan fingerprint density at radius 3 is 2.43 bits per heavy atom. The smallest absolute Gasteiger partial charge is 0.408 e. The van der Waals surface area contributed by atoms with Gasteiger partial charge in [-0.3, -0.25) is 19.1 Å². The summed E-state index contributed by atoms with van der Waals surface area (Å²) in [6, 6.07) is 9.43. The van der Waals surface area contributed by atoms with E-state index in [0.29, 0.717) is 71.2 Å². The van der Waals surface area contributed by atoms with Gasteiger partial charge in [-0.25, -0.2) is 22.6 Å². The summed E-state index contributed by atoms with van der Waals surface area (Å²) in [6.45, 7) is 9.72. The predicted octanol–water partition coefficient (Wildman–Crippen LogP) is 6.82. The van der Waals surface area contributed by atoms with Crippen molar-refractivity contribution in [3.8, 4) is 28.6 Å². The Hall–Kier alpha value is -5.45. The van der Waals surface area contributed by atoms with Crippen LogP contribution in [0.25, 0.3) is 22.0 Å². The molecule has 360 valence electrons. The Morgan fingerprint density at radius 1 is 0.970 bits per heavy atom. The van der Waals surface area contributed by atoms with Crippen LogP contribution in [0, 0.1) is 41.3 Å². The Balaban J connectivity index is 1.05. The quantitative estimate of drug-likeness (QED) is 0.171. The van der Waals surface area contributed by atoms with Crippen molar-refractivity contribution in [2.75, 3.05) is 13.7 Å². The average molecular weight is 944 g/mol. The summed E-state index contributed by atoms with van der Waals surface area (Å²) in [6.07, 6.45) is 6.39. The number of rotatable bonds is 11. The molecule has 4 amide bonds. The molecule has 3 heterocycles. The number of alkyl carbamates (subject to hydrolysis) is 1. The molecule has 17 heteroatoms. The summed E-state index contributed by atoms with van der Waals surface area (Å²) >= 11 is 0. The van der Waals surface area contributed by atoms with Crippen LogP contribution in [0.3, 0.4) is 0 Å². The summed E-state index contributed by atoms with van der Waals surface area (Å²) in [4.78, 5) is 64.0. The third-order valence-electron chi connectivity index (χ3n) is 14.9. The number of nitrogens with one attached hydrogen (secondary N) is 3. The van der Waals surface area contributed by atoms with Gasteiger partial charge in [0.1, 0.15) is 35.6 Å². The summed E-state index contributed by atoms with van der Waals surface area (Å²) in [5.41, 5.74) is -0.737. The summed E-state index contributed by atoms with van der Waals surface area (Å²) < 4.78 is 67.6. The molecule has 1 saturated heterocycles. The Kier molecular flexibility index (Phi) is 12.7. The van der Waals surface area contributed by atoms with Crippen LogP contribution in [0.4, 0.5) is 9.18 Å². The van der Waals surface area contributed by atoms with Crippen molar-refractivity contribution in [2.24, 2.45) is 35.5 Å². The fourth-order valence-corrected chi connectivity index (χ4v) is 12.1. The first kappa shape index (κ1) is 46.7. The van der Waals surface area contributed by atoms with Gasteiger partial charge in [-0.15, -0.1) is 0 Å². The van der Waals surface area contributed by atoms with Crippen LogP contribution < -0.4 is 29.6 Å². The number of fused-ring (bicyclic) bond motifs is 4. The summed E-state index contributed by atoms with van der Waals surface area (Å²) in [7, 11) is -2.41. The molecular formula is C50H62FN5O10S. The van der Waals surface area contributed by atoms with E-state index in [2.05, 4.69) is 29.2 Å². The lowest BCUT2D eigenvalue weighted by atomic mass is 9.88. The van der Waals surface area contributed by atoms with Crippen LogP contribution >= 0.6 is 0 Å². The minimum absolute atomic E-state index is 0.0411. The number of allylic oxidation sites excluding steroid dienone is 1. The molecule has 3 N–H and O–H groups in total. The van der Waals surface area contributed by atoms with Gasteiger partial charge in [-0.1, -0.05) is 32.9 Å². The van der Waals surface area contributed by atoms with Gasteiger partial charge < -0.3 is 34.5 Å². The third kappa shape index (κ3) is 9.80. The van der Waals surface area contributed by atoms with Crippen molar-refractivity contribution in [2.45, 2.75) is 134 Å². The maximum absolute atomic E-state index is 15.4. The highest BCUT2D eigenvalue weighted by Crippen LogP contribution is 2.57. The molecule has 0 radical (unpaired) electrons. The minimum atomic E-state index is -3.95. The summed E-state index contributed by atoms with van der Waals surface area (Å²) in [5, 5.41) is 6.44. The van der Waals surface area contributed by atoms with E-state index in [4.69, 9.17) is 23.9 Å². The second kappa shape index (κ2) is 18.2. The van der Waals surface area contributed by atoms with Crippen LogP contribution in [-0.4, -0.2) is 97.0 Å². The van der Waals surface area contributed by atoms with Crippen LogP contribution in [0.15, 0.2) is 54.6 Å². The molecule has 0 spiro atoms. The molecule has 6 aliphatic rings. The molecule has 2 aliphatic heterocycles. The number of sulfonamides is 1. The fourth-order valence-electron chi connectivity index (χ4n) is 10.8. The van der Waals surface area contributed by atoms with Crippen molar-refractivity contribution in [1.29, 1.82) is 0 Å². The highest BCUT2D eigenvalue weighted by Gasteiger charge is 2.62. The molecule has 67 heavy (non-hydrogen) atoms. The van der Waals surface area contributed by atoms with Gasteiger partial charge >= 0.3 is 6.09 Å². The van der Waals surface area contributed by atoms with Gasteiger partial charge in [0, 0.05) is 23.3 Å². The second-order valence-corrected chi connectivity index (χ2v) is 22.2. The molecule has 5 fully saturated rings. The molecule has 9 rings (SSSR count). The van der Waals surface area contributed by atoms with Crippen molar-refractivity contribution in [3.63, 3.8) is 0 Å². The zero-order valence-electron chi connectivity index (χ0n) is 39.0. The maximum atomic E-state index is 15.4. The first-order valence-corrected chi connectivity index (χ1v) is 25.4. The Labute approximate surface area is 391 Å². The molecule has 9 unspecified atom stereocenters. The number of pyridine rings is 1. The van der Waals surface area contributed by atoms with E-state index in [0.717, 1.165) is 19.3 Å². The average Bonchev–Trinajstić information content (AvgIpc) is 4.24. The standard InChI is InChI=1S/C50H62FN5O10S/c1-26(2)64-43-16-11-30(19-40(43)51)41-20-31-18-33(63-6)12-15-37(31)46(52-41)65-35-23-42-45(57)54-50(48(59)55-67(61,62)36-13-14-36)24-32(50)10-8-7-9-27(3)17-28(4)44(47(58)56(42)25-35)53-49(60)66-34-21-38-29(5)39(38)22-34/h8,10-12,15-16,18-20,26-29,32,34-36,38-39,42,44H,7,9,13-14,17,21-25H2,1-6H3,(H,53,60)(H,54,57)(H,55,59). The van der Waals surface area contributed by atoms with Gasteiger partial charge in [0.2, 0.25) is 27.7 Å². The highest BCUT2D eigenvalue weighted by atomic mass is 32.2. The highest BCUT2D eigenvalue weighted by molar-refractivity contribution is 7.91. The molecule has 3 aromatic rings. The Morgan fingerprint density at radius 2 is 1.73 bits per heavy atom. The SMILES string of the molecule is COc1ccc2c(OC3CC4C(=O)NC5(C(=O)NS(=O)(=O)C6CC6)CC5C=CCCC(C)CC(C)C(NC(=O)OC5CC6C(C)C6C5)C(=O)N4C3)nc(-c3ccc(OC(C)C)c(F)c3)cc2c1. The predicted molar refractivity (Wildman–Crippen MR) is 247 cm³/mol. The molecule has 4 saturated carbocycles. The Bertz CT molecular complexity index is 2580. The monoisotopic (exact) mass is 943 g/mol. The van der Waals surface area contributed by atoms with E-state index in [1.54, 1.807) is 43.5 Å². The number of nitrogens with zero attached hydrogens (tertiary/aromatic N) is 2. The number of carbonyl (C=O) groups excluding carboxylic acids is 4. The fraction of sp³-hybridized carbons (Fsp3) is 0.580. The molecule has 2 aromatic carbocycles. The maximum Gasteiger partial charge on any atom is 0.408 e. The topological polar surface area (TPSA) is 192 Å². The normalized spacial score (nSPS) is 31.7. The van der Waals surface area contributed by atoms with Crippen LogP contribution in [0.5, 0.6) is 17.4 Å². The molecule has 15 nitrogen and oxygen atoms in total. The number of carbonyl (C=O) groups is 4. The van der Waals surface area contributed by atoms with Crippen molar-refractivity contribution >= 4 is 44.6 Å². The third-order valence-corrected chi connectivity index (χ3v) is 16.7. The van der Waals surface area contributed by atoms with Crippen molar-refractivity contribution in [3.05, 3.63) is 60.4 Å². The number of methoxy groups -OCH3 is 1. The number of benzene rings is 2. The first-order valence-electron chi connectivity index (χ1n) is 23.9. The second-order valence-electron chi connectivity index (χ2n) is 20.3. The molecular weight excluding hydrogens is 882 g/mol. The lowest BCUT2D eigenvalue weighted by Gasteiger charge is -2.33. The number of hydrogen-bond acceptors (Lipinski definition) is 11. The first-order chi connectivity index (χ1) is 31.9. The summed E-state index contributed by atoms with van der Waals surface area (Å²) in [5.74, 6) is -0.780. The van der Waals surface area contributed by atoms with Gasteiger partial charge in [-0.05, 0) is 143 Å². The molecule has 4 aliphatic carbocycles. The molecule has 9 atom stereocenters. The van der Waals surface area contributed by atoms with Gasteiger partial charge in [0.25, 0.3) is 5.91 Å². The number of hydrogen-bond donors (Lipinski definition) is 3. The van der Waals surface area contributed by atoms with E-state index in [9.17, 15) is 22.8 Å². The number of aromatic nitrogens is 1. The number of halogens is 1. The lowest BCUT2D eigenvalue weighted by molar-refractivity contribution is -0.142. The van der Waals surface area contributed by atoms with E-state index in [-0.39, 0.29) is 55.1 Å².